The van der Waals surface area contributed by atoms with E-state index in [1.165, 1.54) is 6.07 Å². The zero-order chi connectivity index (χ0) is 25.4. The van der Waals surface area contributed by atoms with Gasteiger partial charge in [-0.05, 0) is 50.5 Å². The molecule has 4 rings (SSSR count). The molecule has 186 valence electrons. The minimum absolute atomic E-state index is 0.166. The van der Waals surface area contributed by atoms with Crippen LogP contribution in [0.3, 0.4) is 0 Å². The Hall–Kier alpha value is -2.51. The Balaban J connectivity index is 1.48. The Morgan fingerprint density at radius 3 is 2.60 bits per heavy atom. The maximum Gasteiger partial charge on any atom is 0.270 e. The van der Waals surface area contributed by atoms with Crippen LogP contribution in [0.5, 0.6) is 0 Å². The van der Waals surface area contributed by atoms with Crippen molar-refractivity contribution in [3.8, 4) is 6.07 Å². The summed E-state index contributed by atoms with van der Waals surface area (Å²) in [6, 6.07) is 10.7. The number of hydrogen-bond acceptors (Lipinski definition) is 6. The van der Waals surface area contributed by atoms with E-state index < -0.39 is 16.8 Å². The van der Waals surface area contributed by atoms with Crippen LogP contribution in [0.15, 0.2) is 30.3 Å². The van der Waals surface area contributed by atoms with Crippen LogP contribution in [0.1, 0.15) is 58.8 Å². The summed E-state index contributed by atoms with van der Waals surface area (Å²) in [6.45, 7) is 5.11. The first-order chi connectivity index (χ1) is 16.6. The van der Waals surface area contributed by atoms with Crippen molar-refractivity contribution in [3.05, 3.63) is 57.9 Å². The fraction of sp³-hybridized carbons (Fsp3) is 0.480. The highest BCUT2D eigenvalue weighted by Gasteiger charge is 2.51. The van der Waals surface area contributed by atoms with Crippen LogP contribution in [0, 0.1) is 11.3 Å². The first kappa shape index (κ1) is 25.6. The van der Waals surface area contributed by atoms with Gasteiger partial charge in [0.25, 0.3) is 11.8 Å². The highest BCUT2D eigenvalue weighted by atomic mass is 35.5. The van der Waals surface area contributed by atoms with Crippen LogP contribution < -0.4 is 5.32 Å². The molecule has 1 aromatic carbocycles. The number of aliphatic hydroxyl groups excluding tert-OH is 2. The van der Waals surface area contributed by atoms with E-state index in [9.17, 15) is 25.1 Å². The zero-order valence-corrected chi connectivity index (χ0v) is 21.3. The summed E-state index contributed by atoms with van der Waals surface area (Å²) in [6.07, 6.45) is 0.990. The molecule has 3 N–H and O–H groups in total. The molecule has 0 radical (unpaired) electrons. The van der Waals surface area contributed by atoms with Crippen molar-refractivity contribution in [2.75, 3.05) is 19.7 Å². The Morgan fingerprint density at radius 1 is 1.31 bits per heavy atom. The van der Waals surface area contributed by atoms with Gasteiger partial charge in [0.2, 0.25) is 0 Å². The summed E-state index contributed by atoms with van der Waals surface area (Å²) < 4.78 is 0.926. The van der Waals surface area contributed by atoms with E-state index in [1.807, 2.05) is 26.0 Å². The van der Waals surface area contributed by atoms with Crippen LogP contribution >= 0.6 is 23.4 Å². The molecule has 0 bridgehead atoms. The summed E-state index contributed by atoms with van der Waals surface area (Å²) in [5.41, 5.74) is 1.58. The first-order valence-electron chi connectivity index (χ1n) is 11.5. The summed E-state index contributed by atoms with van der Waals surface area (Å²) in [5.74, 6) is -0.616. The highest BCUT2D eigenvalue weighted by Crippen LogP contribution is 2.54. The molecule has 1 saturated carbocycles. The summed E-state index contributed by atoms with van der Waals surface area (Å²) in [5, 5.41) is 32.6. The van der Waals surface area contributed by atoms with Crippen molar-refractivity contribution in [1.82, 2.24) is 14.8 Å². The second kappa shape index (κ2) is 9.86. The van der Waals surface area contributed by atoms with Crippen LogP contribution in [0.25, 0.3) is 0 Å². The predicted molar refractivity (Wildman–Crippen MR) is 134 cm³/mol. The third-order valence-electron chi connectivity index (χ3n) is 6.64. The van der Waals surface area contributed by atoms with Crippen LogP contribution in [0.4, 0.5) is 0 Å². The van der Waals surface area contributed by atoms with E-state index >= 15 is 0 Å². The average Bonchev–Trinajstić information content (AvgIpc) is 3.46. The number of hydrogen-bond donors (Lipinski definition) is 3. The lowest BCUT2D eigenvalue weighted by Gasteiger charge is -2.37. The number of fused-ring (bicyclic) bond motifs is 1. The van der Waals surface area contributed by atoms with Crippen LogP contribution in [-0.2, 0) is 13.1 Å². The molecule has 1 aromatic heterocycles. The van der Waals surface area contributed by atoms with Crippen molar-refractivity contribution in [3.63, 3.8) is 0 Å². The number of nitrogens with zero attached hydrogens (tertiary/aromatic N) is 3. The monoisotopic (exact) mass is 516 g/mol. The van der Waals surface area contributed by atoms with Crippen molar-refractivity contribution in [2.45, 2.75) is 55.4 Å². The molecule has 2 aliphatic rings. The maximum atomic E-state index is 13.3. The van der Waals surface area contributed by atoms with Gasteiger partial charge >= 0.3 is 0 Å². The summed E-state index contributed by atoms with van der Waals surface area (Å²) in [7, 11) is 0. The quantitative estimate of drug-likeness (QED) is 0.471. The highest BCUT2D eigenvalue weighted by molar-refractivity contribution is 8.02. The second-order valence-corrected chi connectivity index (χ2v) is 12.2. The van der Waals surface area contributed by atoms with Crippen LogP contribution in [0.2, 0.25) is 5.02 Å². The topological polar surface area (TPSA) is 119 Å². The van der Waals surface area contributed by atoms with Gasteiger partial charge in [-0.3, -0.25) is 9.59 Å². The van der Waals surface area contributed by atoms with Crippen LogP contribution in [-0.4, -0.2) is 66.8 Å². The lowest BCUT2D eigenvalue weighted by atomic mass is 10.1. The largest absolute Gasteiger partial charge is 0.394 e. The number of amides is 2. The molecular weight excluding hydrogens is 488 g/mol. The number of thioether (sulfide) groups is 1. The predicted octanol–water partition coefficient (Wildman–Crippen LogP) is 2.80. The molecular formula is C25H29ClN4O4S. The molecule has 1 unspecified atom stereocenters. The molecule has 8 nitrogen and oxygen atoms in total. The minimum Gasteiger partial charge on any atom is -0.394 e. The number of aromatic nitrogens is 1. The lowest BCUT2D eigenvalue weighted by Crippen LogP contribution is -2.46. The fourth-order valence-electron chi connectivity index (χ4n) is 4.42. The summed E-state index contributed by atoms with van der Waals surface area (Å²) in [4.78, 5) is 28.1. The number of nitrogens with one attached hydrogen (secondary N) is 1. The summed E-state index contributed by atoms with van der Waals surface area (Å²) >= 11 is 7.52. The number of carbonyl (C=O) groups is 2. The molecule has 2 amide bonds. The zero-order valence-electron chi connectivity index (χ0n) is 19.8. The molecule has 2 aromatic rings. The van der Waals surface area contributed by atoms with E-state index in [0.717, 1.165) is 18.4 Å². The van der Waals surface area contributed by atoms with Crippen molar-refractivity contribution in [2.24, 2.45) is 0 Å². The Morgan fingerprint density at radius 2 is 2.00 bits per heavy atom. The number of carbonyl (C=O) groups excluding carboxylic acids is 2. The van der Waals surface area contributed by atoms with E-state index in [0.29, 0.717) is 30.4 Å². The van der Waals surface area contributed by atoms with Gasteiger partial charge < -0.3 is 25.0 Å². The van der Waals surface area contributed by atoms with Gasteiger partial charge in [0.05, 0.1) is 18.3 Å². The molecule has 1 aliphatic heterocycles. The lowest BCUT2D eigenvalue weighted by molar-refractivity contribution is 0.0687. The molecule has 1 aliphatic carbocycles. The third-order valence-corrected chi connectivity index (χ3v) is 8.66. The number of nitriles is 1. The van der Waals surface area contributed by atoms with Crippen molar-refractivity contribution in [1.29, 1.82) is 5.26 Å². The van der Waals surface area contributed by atoms with Gasteiger partial charge in [0, 0.05) is 40.7 Å². The minimum atomic E-state index is -0.855. The SMILES string of the molecule is CC(C)(SC1(CN2CCn3c(cc(C#N)c3C(=O)NCc3ccc(Cl)cc3)C2=O)CC1)C(O)CO. The van der Waals surface area contributed by atoms with Gasteiger partial charge in [0.1, 0.15) is 17.5 Å². The average molecular weight is 517 g/mol. The molecule has 35 heavy (non-hydrogen) atoms. The van der Waals surface area contributed by atoms with Gasteiger partial charge in [-0.2, -0.15) is 5.26 Å². The number of benzene rings is 1. The number of rotatable bonds is 9. The van der Waals surface area contributed by atoms with E-state index in [4.69, 9.17) is 11.6 Å². The molecule has 0 saturated heterocycles. The Bertz CT molecular complexity index is 1170. The molecule has 2 heterocycles. The van der Waals surface area contributed by atoms with E-state index in [-0.39, 0.29) is 35.1 Å². The molecule has 0 spiro atoms. The smallest absolute Gasteiger partial charge is 0.270 e. The standard InChI is InChI=1S/C25H29ClN4O4S/c1-24(2,20(32)14-31)35-25(7-8-25)15-29-9-10-30-19(23(29)34)11-17(12-27)21(30)22(33)28-13-16-3-5-18(26)6-4-16/h3-6,11,20,31-32H,7-10,13-15H2,1-2H3,(H,28,33). The number of aliphatic hydroxyl groups is 2. The fourth-order valence-corrected chi connectivity index (χ4v) is 6.40. The third kappa shape index (κ3) is 5.36. The molecule has 1 fully saturated rings. The second-order valence-electron chi connectivity index (χ2n) is 9.68. The van der Waals surface area contributed by atoms with Gasteiger partial charge in [-0.15, -0.1) is 11.8 Å². The van der Waals surface area contributed by atoms with Gasteiger partial charge in [-0.25, -0.2) is 0 Å². The Labute approximate surface area is 213 Å². The molecule has 1 atom stereocenters. The Kier molecular flexibility index (Phi) is 7.21. The van der Waals surface area contributed by atoms with Gasteiger partial charge in [-0.1, -0.05) is 23.7 Å². The van der Waals surface area contributed by atoms with E-state index in [1.54, 1.807) is 33.4 Å². The maximum absolute atomic E-state index is 13.3. The number of halogens is 1. The molecule has 10 heteroatoms. The van der Waals surface area contributed by atoms with Crippen molar-refractivity contribution >= 4 is 35.2 Å². The van der Waals surface area contributed by atoms with E-state index in [2.05, 4.69) is 11.4 Å². The van der Waals surface area contributed by atoms with Crippen molar-refractivity contribution < 1.29 is 19.8 Å². The first-order valence-corrected chi connectivity index (χ1v) is 12.7. The normalized spacial score (nSPS) is 17.5. The van der Waals surface area contributed by atoms with Gasteiger partial charge in [0.15, 0.2) is 0 Å².